The number of fused-ring (bicyclic) bond motifs is 1. The van der Waals surface area contributed by atoms with Gasteiger partial charge in [-0.05, 0) is 31.9 Å². The monoisotopic (exact) mass is 256 g/mol. The Morgan fingerprint density at radius 1 is 1.42 bits per heavy atom. The highest BCUT2D eigenvalue weighted by atomic mass is 16.4. The molecule has 1 N–H and O–H groups in total. The second-order valence-electron chi connectivity index (χ2n) is 5.05. The summed E-state index contributed by atoms with van der Waals surface area (Å²) in [7, 11) is 0. The number of aliphatic carboxylic acids is 1. The average Bonchev–Trinajstić information content (AvgIpc) is 3.19. The number of hydrogen-bond acceptors (Lipinski definition) is 3. The van der Waals surface area contributed by atoms with Gasteiger partial charge in [-0.2, -0.15) is 0 Å². The van der Waals surface area contributed by atoms with E-state index in [-0.39, 0.29) is 6.54 Å². The molecule has 1 aliphatic rings. The van der Waals surface area contributed by atoms with Crippen LogP contribution in [0.4, 0.5) is 5.69 Å². The van der Waals surface area contributed by atoms with Crippen molar-refractivity contribution in [3.8, 4) is 0 Å². The second kappa shape index (κ2) is 4.53. The number of aromatic nitrogens is 1. The van der Waals surface area contributed by atoms with Crippen LogP contribution in [0.2, 0.25) is 0 Å². The van der Waals surface area contributed by atoms with Gasteiger partial charge >= 0.3 is 5.97 Å². The number of carboxylic acids is 1. The van der Waals surface area contributed by atoms with Crippen molar-refractivity contribution in [1.29, 1.82) is 0 Å². The van der Waals surface area contributed by atoms with Crippen molar-refractivity contribution in [2.45, 2.75) is 25.8 Å². The first-order valence-electron chi connectivity index (χ1n) is 6.50. The molecule has 0 spiro atoms. The van der Waals surface area contributed by atoms with Gasteiger partial charge in [-0.1, -0.05) is 18.2 Å². The molecule has 1 aromatic heterocycles. The molecule has 1 saturated carbocycles. The van der Waals surface area contributed by atoms with Gasteiger partial charge in [0.15, 0.2) is 0 Å². The zero-order valence-electron chi connectivity index (χ0n) is 10.8. The van der Waals surface area contributed by atoms with Gasteiger partial charge in [-0.15, -0.1) is 0 Å². The first-order valence-corrected chi connectivity index (χ1v) is 6.50. The molecule has 1 aliphatic carbocycles. The van der Waals surface area contributed by atoms with Crippen LogP contribution >= 0.6 is 0 Å². The van der Waals surface area contributed by atoms with E-state index in [1.54, 1.807) is 0 Å². The van der Waals surface area contributed by atoms with E-state index < -0.39 is 5.97 Å². The molecule has 98 valence electrons. The summed E-state index contributed by atoms with van der Waals surface area (Å²) in [6, 6.07) is 10.3. The fourth-order valence-electron chi connectivity index (χ4n) is 2.47. The summed E-state index contributed by atoms with van der Waals surface area (Å²) in [5, 5.41) is 10.1. The van der Waals surface area contributed by atoms with E-state index in [1.807, 2.05) is 42.2 Å². The topological polar surface area (TPSA) is 53.4 Å². The van der Waals surface area contributed by atoms with Gasteiger partial charge in [0, 0.05) is 22.8 Å². The van der Waals surface area contributed by atoms with Crippen LogP contribution < -0.4 is 4.90 Å². The molecule has 19 heavy (non-hydrogen) atoms. The summed E-state index contributed by atoms with van der Waals surface area (Å²) in [5.74, 6) is -0.787. The number of benzene rings is 1. The van der Waals surface area contributed by atoms with E-state index in [0.29, 0.717) is 6.04 Å². The Hall–Kier alpha value is -2.10. The second-order valence-corrected chi connectivity index (χ2v) is 5.05. The smallest absolute Gasteiger partial charge is 0.323 e. The lowest BCUT2D eigenvalue weighted by molar-refractivity contribution is -0.135. The van der Waals surface area contributed by atoms with E-state index in [1.165, 1.54) is 0 Å². The molecule has 4 heteroatoms. The predicted octanol–water partition coefficient (Wildman–Crippen LogP) is 2.60. The van der Waals surface area contributed by atoms with Crippen molar-refractivity contribution in [2.75, 3.05) is 11.4 Å². The van der Waals surface area contributed by atoms with Crippen LogP contribution in [-0.2, 0) is 4.79 Å². The van der Waals surface area contributed by atoms with Crippen LogP contribution in [0.25, 0.3) is 10.9 Å². The highest BCUT2D eigenvalue weighted by Gasteiger charge is 2.31. The lowest BCUT2D eigenvalue weighted by atomic mass is 10.1. The van der Waals surface area contributed by atoms with Gasteiger partial charge in [0.1, 0.15) is 6.54 Å². The van der Waals surface area contributed by atoms with Crippen molar-refractivity contribution in [2.24, 2.45) is 0 Å². The van der Waals surface area contributed by atoms with Gasteiger partial charge in [0.2, 0.25) is 0 Å². The summed E-state index contributed by atoms with van der Waals surface area (Å²) in [6.07, 6.45) is 2.14. The van der Waals surface area contributed by atoms with Crippen LogP contribution in [0.1, 0.15) is 18.5 Å². The van der Waals surface area contributed by atoms with Crippen molar-refractivity contribution < 1.29 is 9.90 Å². The number of anilines is 1. The Labute approximate surface area is 111 Å². The van der Waals surface area contributed by atoms with E-state index in [0.717, 1.165) is 35.1 Å². The Kier molecular flexibility index (Phi) is 2.85. The minimum absolute atomic E-state index is 0.0537. The molecule has 0 saturated heterocycles. The van der Waals surface area contributed by atoms with Gasteiger partial charge in [0.05, 0.1) is 5.52 Å². The predicted molar refractivity (Wildman–Crippen MR) is 74.5 cm³/mol. The zero-order chi connectivity index (χ0) is 13.4. The summed E-state index contributed by atoms with van der Waals surface area (Å²) in [5.41, 5.74) is 2.84. The van der Waals surface area contributed by atoms with Crippen molar-refractivity contribution >= 4 is 22.6 Å². The Balaban J connectivity index is 2.13. The molecule has 0 unspecified atom stereocenters. The molecular weight excluding hydrogens is 240 g/mol. The van der Waals surface area contributed by atoms with Crippen LogP contribution in [0.5, 0.6) is 0 Å². The highest BCUT2D eigenvalue weighted by Crippen LogP contribution is 2.35. The van der Waals surface area contributed by atoms with Crippen molar-refractivity contribution in [1.82, 2.24) is 4.98 Å². The van der Waals surface area contributed by atoms with Gasteiger partial charge < -0.3 is 10.0 Å². The molecule has 1 aromatic carbocycles. The molecule has 4 nitrogen and oxygen atoms in total. The van der Waals surface area contributed by atoms with Crippen LogP contribution in [0.15, 0.2) is 30.3 Å². The van der Waals surface area contributed by atoms with Gasteiger partial charge in [0.25, 0.3) is 0 Å². The standard InChI is InChI=1S/C15H16N2O2/c1-10-8-14(12-4-2-3-5-13(12)16-10)17(9-15(18)19)11-6-7-11/h2-5,8,11H,6-7,9H2,1H3,(H,18,19). The summed E-state index contributed by atoms with van der Waals surface area (Å²) >= 11 is 0. The molecule has 0 aliphatic heterocycles. The number of carbonyl (C=O) groups is 1. The highest BCUT2D eigenvalue weighted by molar-refractivity contribution is 5.93. The zero-order valence-corrected chi connectivity index (χ0v) is 10.8. The lowest BCUT2D eigenvalue weighted by Gasteiger charge is -2.24. The normalized spacial score (nSPS) is 14.6. The first-order chi connectivity index (χ1) is 9.15. The van der Waals surface area contributed by atoms with Gasteiger partial charge in [-0.25, -0.2) is 0 Å². The van der Waals surface area contributed by atoms with E-state index >= 15 is 0 Å². The largest absolute Gasteiger partial charge is 0.480 e. The van der Waals surface area contributed by atoms with Crippen LogP contribution in [0.3, 0.4) is 0 Å². The summed E-state index contributed by atoms with van der Waals surface area (Å²) < 4.78 is 0. The molecule has 0 atom stereocenters. The number of carboxylic acid groups (broad SMARTS) is 1. The molecule has 1 heterocycles. The number of aryl methyl sites for hydroxylation is 1. The average molecular weight is 256 g/mol. The Bertz CT molecular complexity index is 635. The molecule has 2 aromatic rings. The maximum absolute atomic E-state index is 11.1. The Morgan fingerprint density at radius 2 is 2.16 bits per heavy atom. The summed E-state index contributed by atoms with van der Waals surface area (Å²) in [4.78, 5) is 17.6. The van der Waals surface area contributed by atoms with E-state index in [4.69, 9.17) is 5.11 Å². The quantitative estimate of drug-likeness (QED) is 0.913. The third-order valence-corrected chi connectivity index (χ3v) is 3.43. The van der Waals surface area contributed by atoms with E-state index in [9.17, 15) is 4.79 Å². The first kappa shape index (κ1) is 12.0. The minimum Gasteiger partial charge on any atom is -0.480 e. The number of rotatable bonds is 4. The fourth-order valence-corrected chi connectivity index (χ4v) is 2.47. The molecule has 0 bridgehead atoms. The molecule has 3 rings (SSSR count). The van der Waals surface area contributed by atoms with E-state index in [2.05, 4.69) is 4.98 Å². The van der Waals surface area contributed by atoms with Crippen LogP contribution in [0, 0.1) is 6.92 Å². The number of hydrogen-bond donors (Lipinski definition) is 1. The third-order valence-electron chi connectivity index (χ3n) is 3.43. The molecule has 0 radical (unpaired) electrons. The number of pyridine rings is 1. The maximum atomic E-state index is 11.1. The summed E-state index contributed by atoms with van der Waals surface area (Å²) in [6.45, 7) is 2.00. The fraction of sp³-hybridized carbons (Fsp3) is 0.333. The third kappa shape index (κ3) is 2.38. The maximum Gasteiger partial charge on any atom is 0.323 e. The van der Waals surface area contributed by atoms with Crippen LogP contribution in [-0.4, -0.2) is 28.6 Å². The number of nitrogens with zero attached hydrogens (tertiary/aromatic N) is 2. The molecule has 0 amide bonds. The van der Waals surface area contributed by atoms with Crippen molar-refractivity contribution in [3.63, 3.8) is 0 Å². The number of para-hydroxylation sites is 1. The molecular formula is C15H16N2O2. The minimum atomic E-state index is -0.787. The van der Waals surface area contributed by atoms with Gasteiger partial charge in [-0.3, -0.25) is 9.78 Å². The lowest BCUT2D eigenvalue weighted by Crippen LogP contribution is -2.32. The molecule has 1 fully saturated rings. The SMILES string of the molecule is Cc1cc(N(CC(=O)O)C2CC2)c2ccccc2n1. The van der Waals surface area contributed by atoms with Crippen molar-refractivity contribution in [3.05, 3.63) is 36.0 Å². The Morgan fingerprint density at radius 3 is 2.84 bits per heavy atom.